The van der Waals surface area contributed by atoms with Crippen molar-refractivity contribution in [3.63, 3.8) is 0 Å². The fourth-order valence-electron chi connectivity index (χ4n) is 14.4. The number of nitrogens with zero attached hydrogens (tertiary/aromatic N) is 5. The Hall–Kier alpha value is -7.12. The largest absolute Gasteiger partial charge is 0.326 e. The van der Waals surface area contributed by atoms with Crippen LogP contribution in [0.15, 0.2) is 109 Å². The molecule has 0 aliphatic carbocycles. The summed E-state index contributed by atoms with van der Waals surface area (Å²) in [6.07, 6.45) is 34.9. The molecule has 0 unspecified atom stereocenters. The van der Waals surface area contributed by atoms with E-state index in [1.807, 2.05) is 0 Å². The predicted molar refractivity (Wildman–Crippen MR) is 374 cm³/mol. The number of fused-ring (bicyclic) bond motifs is 9. The molecule has 0 aliphatic rings. The standard InChI is InChI=1S/C81H100N6/c1-7-13-19-25-31-58-37-43-73-64(49-58)65-50-59(32-26-20-14-8-2)38-44-74(65)85(73)79-70(55-82)80(86-75-45-39-60(33-27-21-15-9-3)51-66(75)67-52-61(40-46-76(67)86)34-28-22-16-10-4)72(57-84)81(71(79)56-83)87-77-47-41-62(35-29-23-17-11-5)53-68(77)69-54-63(42-48-78(69)87)36-30-24-18-12-6/h37-54H,7-36,55,82H2,1-6H3. The second-order valence-corrected chi connectivity index (χ2v) is 25.7. The maximum Gasteiger partial charge on any atom is 0.104 e. The van der Waals surface area contributed by atoms with Crippen molar-refractivity contribution in [2.75, 3.05) is 0 Å². The summed E-state index contributed by atoms with van der Waals surface area (Å²) in [5, 5.41) is 32.0. The maximum atomic E-state index is 12.5. The quantitative estimate of drug-likeness (QED) is 0.0408. The molecule has 2 N–H and O–H groups in total. The molecular formula is C81H100N6. The van der Waals surface area contributed by atoms with Crippen LogP contribution in [-0.4, -0.2) is 13.7 Å². The molecule has 0 saturated carbocycles. The Morgan fingerprint density at radius 2 is 0.494 bits per heavy atom. The Morgan fingerprint density at radius 1 is 0.287 bits per heavy atom. The Balaban J connectivity index is 1.34. The number of benzene rings is 7. The van der Waals surface area contributed by atoms with Crippen LogP contribution in [0.4, 0.5) is 0 Å². The summed E-state index contributed by atoms with van der Waals surface area (Å²) in [7, 11) is 0. The minimum absolute atomic E-state index is 0.0998. The van der Waals surface area contributed by atoms with Crippen molar-refractivity contribution in [1.29, 1.82) is 10.5 Å². The van der Waals surface area contributed by atoms with Crippen molar-refractivity contribution in [2.45, 2.75) is 241 Å². The van der Waals surface area contributed by atoms with Gasteiger partial charge in [-0.25, -0.2) is 0 Å². The third kappa shape index (κ3) is 13.6. The molecule has 7 aromatic carbocycles. The van der Waals surface area contributed by atoms with Crippen LogP contribution in [0.1, 0.15) is 246 Å². The monoisotopic (exact) mass is 1160 g/mol. The van der Waals surface area contributed by atoms with Crippen LogP contribution < -0.4 is 5.73 Å². The highest BCUT2D eigenvalue weighted by Gasteiger charge is 2.32. The van der Waals surface area contributed by atoms with Gasteiger partial charge in [-0.1, -0.05) is 194 Å². The molecule has 6 heteroatoms. The molecule has 3 aromatic heterocycles. The van der Waals surface area contributed by atoms with E-state index in [0.29, 0.717) is 16.8 Å². The molecule has 0 radical (unpaired) electrons. The summed E-state index contributed by atoms with van der Waals surface area (Å²) in [5.41, 5.74) is 25.4. The van der Waals surface area contributed by atoms with Crippen molar-refractivity contribution in [3.05, 3.63) is 159 Å². The summed E-state index contributed by atoms with van der Waals surface area (Å²) in [5.74, 6) is 0. The summed E-state index contributed by atoms with van der Waals surface area (Å²) in [6.45, 7) is 13.8. The summed E-state index contributed by atoms with van der Waals surface area (Å²) in [6, 6.07) is 48.2. The van der Waals surface area contributed by atoms with E-state index in [2.05, 4.69) is 177 Å². The van der Waals surface area contributed by atoms with Gasteiger partial charge < -0.3 is 19.4 Å². The SMILES string of the molecule is CCCCCCc1ccc2c(c1)c1cc(CCCCCC)ccc1n2-c1c(C#N)c(-n2c3ccc(CCCCCC)cc3c3cc(CCCCCC)ccc32)c(CN)c(-n2c3ccc(CCCCCC)cc3c3cc(CCCCCC)ccc32)c1C#N. The van der Waals surface area contributed by atoms with Gasteiger partial charge in [0.15, 0.2) is 0 Å². The molecule has 0 aliphatic heterocycles. The average Bonchev–Trinajstić information content (AvgIpc) is 1.67. The van der Waals surface area contributed by atoms with Crippen molar-refractivity contribution >= 4 is 65.4 Å². The molecule has 0 fully saturated rings. The third-order valence-electron chi connectivity index (χ3n) is 19.2. The zero-order valence-corrected chi connectivity index (χ0v) is 54.1. The number of hydrogen-bond donors (Lipinski definition) is 1. The number of aromatic nitrogens is 3. The van der Waals surface area contributed by atoms with E-state index in [1.54, 1.807) is 0 Å². The lowest BCUT2D eigenvalue weighted by Gasteiger charge is -2.25. The number of nitriles is 2. The van der Waals surface area contributed by atoms with Gasteiger partial charge in [0, 0.05) is 44.4 Å². The van der Waals surface area contributed by atoms with Crippen LogP contribution >= 0.6 is 0 Å². The van der Waals surface area contributed by atoms with E-state index < -0.39 is 0 Å². The molecule has 10 rings (SSSR count). The second kappa shape index (κ2) is 30.7. The molecular weight excluding hydrogens is 1060 g/mol. The topological polar surface area (TPSA) is 88.4 Å². The molecule has 3 heterocycles. The first-order valence-corrected chi connectivity index (χ1v) is 34.8. The highest BCUT2D eigenvalue weighted by molar-refractivity contribution is 6.14. The lowest BCUT2D eigenvalue weighted by molar-refractivity contribution is 0.667. The van der Waals surface area contributed by atoms with Crippen LogP contribution in [0.3, 0.4) is 0 Å². The van der Waals surface area contributed by atoms with Gasteiger partial charge in [0.2, 0.25) is 0 Å². The van der Waals surface area contributed by atoms with Crippen LogP contribution in [0.2, 0.25) is 0 Å². The Morgan fingerprint density at radius 3 is 0.678 bits per heavy atom. The summed E-state index contributed by atoms with van der Waals surface area (Å²) in [4.78, 5) is 0. The highest BCUT2D eigenvalue weighted by Crippen LogP contribution is 2.46. The van der Waals surface area contributed by atoms with Crippen molar-refractivity contribution in [1.82, 2.24) is 13.7 Å². The molecule has 0 bridgehead atoms. The Kier molecular flexibility index (Phi) is 22.2. The highest BCUT2D eigenvalue weighted by atomic mass is 15.1. The minimum atomic E-state index is 0.0998. The number of hydrogen-bond acceptors (Lipinski definition) is 3. The lowest BCUT2D eigenvalue weighted by Crippen LogP contribution is -2.17. The van der Waals surface area contributed by atoms with E-state index in [1.165, 1.54) is 171 Å². The van der Waals surface area contributed by atoms with Gasteiger partial charge in [0.05, 0.1) is 50.2 Å². The van der Waals surface area contributed by atoms with Gasteiger partial charge >= 0.3 is 0 Å². The van der Waals surface area contributed by atoms with E-state index in [4.69, 9.17) is 5.73 Å². The Labute approximate surface area is 521 Å². The first-order chi connectivity index (χ1) is 42.8. The smallest absolute Gasteiger partial charge is 0.104 e. The first-order valence-electron chi connectivity index (χ1n) is 34.8. The van der Waals surface area contributed by atoms with Crippen molar-refractivity contribution < 1.29 is 0 Å². The van der Waals surface area contributed by atoms with Crippen LogP contribution in [0, 0.1) is 22.7 Å². The van der Waals surface area contributed by atoms with E-state index in [0.717, 1.165) is 138 Å². The molecule has 454 valence electrons. The third-order valence-corrected chi connectivity index (χ3v) is 19.2. The summed E-state index contributed by atoms with van der Waals surface area (Å²) >= 11 is 0. The maximum absolute atomic E-state index is 12.5. The number of aryl methyl sites for hydroxylation is 6. The number of rotatable bonds is 34. The fourth-order valence-corrected chi connectivity index (χ4v) is 14.4. The zero-order chi connectivity index (χ0) is 60.7. The molecule has 0 spiro atoms. The van der Waals surface area contributed by atoms with Crippen LogP contribution in [0.25, 0.3) is 82.5 Å². The van der Waals surface area contributed by atoms with Crippen LogP contribution in [-0.2, 0) is 45.1 Å². The number of unbranched alkanes of at least 4 members (excludes halogenated alkanes) is 18. The molecule has 0 atom stereocenters. The van der Waals surface area contributed by atoms with Gasteiger partial charge in [-0.3, -0.25) is 0 Å². The van der Waals surface area contributed by atoms with Gasteiger partial charge in [0.1, 0.15) is 23.3 Å². The zero-order valence-electron chi connectivity index (χ0n) is 54.1. The van der Waals surface area contributed by atoms with Gasteiger partial charge in [-0.2, -0.15) is 10.5 Å². The Bertz CT molecular complexity index is 3660. The average molecular weight is 1160 g/mol. The van der Waals surface area contributed by atoms with Gasteiger partial charge in [-0.15, -0.1) is 0 Å². The molecule has 0 amide bonds. The van der Waals surface area contributed by atoms with Crippen molar-refractivity contribution in [2.24, 2.45) is 5.73 Å². The molecule has 6 nitrogen and oxygen atoms in total. The lowest BCUT2D eigenvalue weighted by atomic mass is 9.95. The molecule has 87 heavy (non-hydrogen) atoms. The van der Waals surface area contributed by atoms with Gasteiger partial charge in [0.25, 0.3) is 0 Å². The van der Waals surface area contributed by atoms with Crippen molar-refractivity contribution in [3.8, 4) is 29.2 Å². The minimum Gasteiger partial charge on any atom is -0.326 e. The van der Waals surface area contributed by atoms with E-state index in [-0.39, 0.29) is 6.54 Å². The molecule has 10 aromatic rings. The van der Waals surface area contributed by atoms with Crippen LogP contribution in [0.5, 0.6) is 0 Å². The summed E-state index contributed by atoms with van der Waals surface area (Å²) < 4.78 is 7.08. The number of nitrogens with two attached hydrogens (primary N) is 1. The second-order valence-electron chi connectivity index (χ2n) is 25.7. The molecule has 0 saturated heterocycles. The van der Waals surface area contributed by atoms with Gasteiger partial charge in [-0.05, 0) is 183 Å². The first kappa shape index (κ1) is 62.9. The predicted octanol–water partition coefficient (Wildman–Crippen LogP) is 22.9. The normalized spacial score (nSPS) is 11.9. The van der Waals surface area contributed by atoms with E-state index >= 15 is 0 Å². The van der Waals surface area contributed by atoms with E-state index in [9.17, 15) is 10.5 Å². The fraction of sp³-hybridized carbons (Fsp3) is 0.457.